The number of nitrogens with zero attached hydrogens (tertiary/aromatic N) is 3. The minimum atomic E-state index is -0.184. The van der Waals surface area contributed by atoms with E-state index in [9.17, 15) is 4.79 Å². The van der Waals surface area contributed by atoms with Gasteiger partial charge in [0.1, 0.15) is 0 Å². The van der Waals surface area contributed by atoms with E-state index in [1.54, 1.807) is 0 Å². The number of aromatic nitrogens is 2. The highest BCUT2D eigenvalue weighted by Crippen LogP contribution is 2.41. The number of benzene rings is 3. The van der Waals surface area contributed by atoms with E-state index >= 15 is 0 Å². The SMILES string of the molecule is Cc1cc(/C=c2/sc3n(c2=O)[C@H](c2ccc(Br)cc2)C2=C(N=3)c3ccccc3CC2)c(C)n1-c1ccc(Cl)cc1. The zero-order valence-electron chi connectivity index (χ0n) is 22.0. The second-order valence-corrected chi connectivity index (χ2v) is 12.7. The Morgan fingerprint density at radius 1 is 1.00 bits per heavy atom. The Balaban J connectivity index is 1.43. The van der Waals surface area contributed by atoms with Gasteiger partial charge >= 0.3 is 0 Å². The highest BCUT2D eigenvalue weighted by molar-refractivity contribution is 9.10. The second kappa shape index (κ2) is 9.88. The summed E-state index contributed by atoms with van der Waals surface area (Å²) in [6, 6.07) is 26.6. The summed E-state index contributed by atoms with van der Waals surface area (Å²) in [6.07, 6.45) is 3.84. The van der Waals surface area contributed by atoms with Gasteiger partial charge in [-0.3, -0.25) is 9.36 Å². The smallest absolute Gasteiger partial charge is 0.271 e. The molecule has 1 atom stereocenters. The molecule has 2 aromatic heterocycles. The van der Waals surface area contributed by atoms with Gasteiger partial charge in [0.2, 0.25) is 0 Å². The number of fused-ring (bicyclic) bond motifs is 3. The van der Waals surface area contributed by atoms with Gasteiger partial charge in [-0.25, -0.2) is 4.99 Å². The summed E-state index contributed by atoms with van der Waals surface area (Å²) in [4.78, 5) is 20.0. The van der Waals surface area contributed by atoms with Crippen LogP contribution in [-0.2, 0) is 6.42 Å². The molecule has 0 spiro atoms. The Morgan fingerprint density at radius 3 is 2.52 bits per heavy atom. The number of aryl methyl sites for hydroxylation is 2. The Hall–Kier alpha value is -3.45. The monoisotopic (exact) mass is 625 g/mol. The average molecular weight is 627 g/mol. The van der Waals surface area contributed by atoms with Crippen LogP contribution in [0.2, 0.25) is 5.02 Å². The van der Waals surface area contributed by atoms with E-state index in [0.29, 0.717) is 9.55 Å². The molecule has 0 fully saturated rings. The zero-order valence-corrected chi connectivity index (χ0v) is 25.1. The molecule has 3 aromatic carbocycles. The van der Waals surface area contributed by atoms with Gasteiger partial charge in [0.25, 0.3) is 5.56 Å². The first-order chi connectivity index (χ1) is 19.4. The van der Waals surface area contributed by atoms with E-state index in [0.717, 1.165) is 56.0 Å². The van der Waals surface area contributed by atoms with Crippen molar-refractivity contribution in [3.8, 4) is 5.69 Å². The van der Waals surface area contributed by atoms with Crippen LogP contribution in [0.25, 0.3) is 17.5 Å². The number of allylic oxidation sites excluding steroid dienone is 1. The van der Waals surface area contributed by atoms with Crippen molar-refractivity contribution < 1.29 is 0 Å². The maximum Gasteiger partial charge on any atom is 0.271 e. The van der Waals surface area contributed by atoms with Gasteiger partial charge in [0.15, 0.2) is 4.80 Å². The van der Waals surface area contributed by atoms with Gasteiger partial charge in [0, 0.05) is 32.1 Å². The first-order valence-electron chi connectivity index (χ1n) is 13.2. The summed E-state index contributed by atoms with van der Waals surface area (Å²) in [5.41, 5.74) is 10.0. The van der Waals surface area contributed by atoms with Gasteiger partial charge in [0.05, 0.1) is 16.3 Å². The number of hydrogen-bond donors (Lipinski definition) is 0. The van der Waals surface area contributed by atoms with Crippen molar-refractivity contribution >= 4 is 50.6 Å². The largest absolute Gasteiger partial charge is 0.318 e. The minimum Gasteiger partial charge on any atom is -0.318 e. The molecule has 0 saturated carbocycles. The molecule has 198 valence electrons. The van der Waals surface area contributed by atoms with Crippen LogP contribution in [-0.4, -0.2) is 9.13 Å². The third-order valence-electron chi connectivity index (χ3n) is 7.90. The van der Waals surface area contributed by atoms with Crippen LogP contribution < -0.4 is 14.9 Å². The predicted octanol–water partition coefficient (Wildman–Crippen LogP) is 7.14. The number of halogens is 2. The molecule has 3 heterocycles. The average Bonchev–Trinajstić information content (AvgIpc) is 3.42. The van der Waals surface area contributed by atoms with E-state index < -0.39 is 0 Å². The molecule has 4 nitrogen and oxygen atoms in total. The number of rotatable bonds is 3. The topological polar surface area (TPSA) is 39.3 Å². The molecule has 5 aromatic rings. The molecular formula is C33H25BrClN3OS. The van der Waals surface area contributed by atoms with Crippen molar-refractivity contribution in [1.82, 2.24) is 9.13 Å². The lowest BCUT2D eigenvalue weighted by Gasteiger charge is -2.30. The molecule has 0 saturated heterocycles. The fourth-order valence-electron chi connectivity index (χ4n) is 6.03. The summed E-state index contributed by atoms with van der Waals surface area (Å²) < 4.78 is 5.80. The normalized spacial score (nSPS) is 16.4. The summed E-state index contributed by atoms with van der Waals surface area (Å²) in [5, 5.41) is 0.707. The van der Waals surface area contributed by atoms with Crippen molar-refractivity contribution in [2.24, 2.45) is 4.99 Å². The Kier molecular flexibility index (Phi) is 6.30. The van der Waals surface area contributed by atoms with Crippen molar-refractivity contribution in [2.45, 2.75) is 32.7 Å². The van der Waals surface area contributed by atoms with Gasteiger partial charge in [-0.2, -0.15) is 0 Å². The quantitative estimate of drug-likeness (QED) is 0.210. The van der Waals surface area contributed by atoms with E-state index in [4.69, 9.17) is 16.6 Å². The van der Waals surface area contributed by atoms with Crippen LogP contribution in [0.1, 0.15) is 46.1 Å². The molecule has 0 N–H and O–H groups in total. The third kappa shape index (κ3) is 4.17. The molecule has 2 aliphatic rings. The van der Waals surface area contributed by atoms with Crippen molar-refractivity contribution in [3.05, 3.63) is 147 Å². The van der Waals surface area contributed by atoms with Crippen LogP contribution in [0, 0.1) is 13.8 Å². The summed E-state index contributed by atoms with van der Waals surface area (Å²) >= 11 is 11.2. The third-order valence-corrected chi connectivity index (χ3v) is 9.66. The highest BCUT2D eigenvalue weighted by atomic mass is 79.9. The summed E-state index contributed by atoms with van der Waals surface area (Å²) in [5.74, 6) is 0. The zero-order chi connectivity index (χ0) is 27.5. The first kappa shape index (κ1) is 25.5. The van der Waals surface area contributed by atoms with Gasteiger partial charge in [-0.05, 0) is 97.5 Å². The molecule has 0 unspecified atom stereocenters. The number of hydrogen-bond acceptors (Lipinski definition) is 3. The predicted molar refractivity (Wildman–Crippen MR) is 167 cm³/mol. The molecular weight excluding hydrogens is 602 g/mol. The summed E-state index contributed by atoms with van der Waals surface area (Å²) in [6.45, 7) is 4.17. The van der Waals surface area contributed by atoms with E-state index in [2.05, 4.69) is 76.8 Å². The summed E-state index contributed by atoms with van der Waals surface area (Å²) in [7, 11) is 0. The van der Waals surface area contributed by atoms with Crippen LogP contribution in [0.5, 0.6) is 0 Å². The van der Waals surface area contributed by atoms with Crippen LogP contribution in [0.3, 0.4) is 0 Å². The van der Waals surface area contributed by atoms with Crippen LogP contribution >= 0.6 is 38.9 Å². The highest BCUT2D eigenvalue weighted by Gasteiger charge is 2.32. The van der Waals surface area contributed by atoms with Gasteiger partial charge in [-0.15, -0.1) is 0 Å². The van der Waals surface area contributed by atoms with E-state index in [1.807, 2.05) is 47.0 Å². The van der Waals surface area contributed by atoms with E-state index in [1.165, 1.54) is 28.0 Å². The maximum atomic E-state index is 14.1. The number of thiazole rings is 1. The second-order valence-electron chi connectivity index (χ2n) is 10.3. The van der Waals surface area contributed by atoms with Crippen molar-refractivity contribution in [1.29, 1.82) is 0 Å². The fraction of sp³-hybridized carbons (Fsp3) is 0.152. The van der Waals surface area contributed by atoms with Gasteiger partial charge < -0.3 is 4.57 Å². The molecule has 0 amide bonds. The first-order valence-corrected chi connectivity index (χ1v) is 15.2. The fourth-order valence-corrected chi connectivity index (χ4v) is 7.41. The van der Waals surface area contributed by atoms with Crippen molar-refractivity contribution in [2.75, 3.05) is 0 Å². The standard InChI is InChI=1S/C33H25BrClN3OS/c1-19-17-23(20(2)37(19)26-14-12-25(35)13-15-26)18-29-32(39)38-31(22-7-10-24(34)11-8-22)28-16-9-21-5-3-4-6-27(21)30(28)36-33(38)40-29/h3-8,10-15,17-18,31H,9,16H2,1-2H3/b29-18+/t31-/m1/s1. The van der Waals surface area contributed by atoms with Crippen molar-refractivity contribution in [3.63, 3.8) is 0 Å². The Morgan fingerprint density at radius 2 is 1.75 bits per heavy atom. The lowest BCUT2D eigenvalue weighted by molar-refractivity contribution is 0.585. The van der Waals surface area contributed by atoms with Gasteiger partial charge in [-0.1, -0.05) is 75.3 Å². The molecule has 1 aliphatic carbocycles. The minimum absolute atomic E-state index is 0.00151. The Labute approximate surface area is 249 Å². The maximum absolute atomic E-state index is 14.1. The molecule has 0 bridgehead atoms. The molecule has 40 heavy (non-hydrogen) atoms. The molecule has 0 radical (unpaired) electrons. The molecule has 7 heteroatoms. The van der Waals surface area contributed by atoms with Crippen LogP contribution in [0.15, 0.2) is 98.7 Å². The molecule has 1 aliphatic heterocycles. The van der Waals surface area contributed by atoms with Crippen LogP contribution in [0.4, 0.5) is 0 Å². The Bertz CT molecular complexity index is 2010. The van der Waals surface area contributed by atoms with E-state index in [-0.39, 0.29) is 11.6 Å². The molecule has 7 rings (SSSR count). The lowest BCUT2D eigenvalue weighted by atomic mass is 9.83. The lowest BCUT2D eigenvalue weighted by Crippen LogP contribution is -2.38.